The number of rotatable bonds is 4. The van der Waals surface area contributed by atoms with Gasteiger partial charge in [0.15, 0.2) is 0 Å². The summed E-state index contributed by atoms with van der Waals surface area (Å²) in [5, 5.41) is 8.90. The highest BCUT2D eigenvalue weighted by molar-refractivity contribution is 5.10. The van der Waals surface area contributed by atoms with Crippen LogP contribution in [0.2, 0.25) is 0 Å². The van der Waals surface area contributed by atoms with Crippen molar-refractivity contribution in [3.63, 3.8) is 0 Å². The van der Waals surface area contributed by atoms with Crippen molar-refractivity contribution in [2.75, 3.05) is 13.2 Å². The second-order valence-corrected chi connectivity index (χ2v) is 5.41. The quantitative estimate of drug-likeness (QED) is 0.639. The molecular weight excluding hydrogens is 290 g/mol. The van der Waals surface area contributed by atoms with Crippen LogP contribution in [0.25, 0.3) is 0 Å². The zero-order valence-corrected chi connectivity index (χ0v) is 10.3. The van der Waals surface area contributed by atoms with E-state index in [4.69, 9.17) is 5.11 Å². The van der Waals surface area contributed by atoms with Crippen molar-refractivity contribution in [2.45, 2.75) is 30.8 Å². The van der Waals surface area contributed by atoms with Crippen molar-refractivity contribution >= 4 is 0 Å². The molecule has 0 aliphatic heterocycles. The maximum atomic E-state index is 12.4. The first-order chi connectivity index (χ1) is 9.04. The van der Waals surface area contributed by atoms with Gasteiger partial charge in [0.25, 0.3) is 5.60 Å². The van der Waals surface area contributed by atoms with E-state index >= 15 is 0 Å². The molecule has 0 saturated heterocycles. The zero-order chi connectivity index (χ0) is 15.2. The van der Waals surface area contributed by atoms with Crippen LogP contribution in [0.4, 0.5) is 26.3 Å². The molecule has 0 radical (unpaired) electrons. The van der Waals surface area contributed by atoms with Gasteiger partial charge in [-0.2, -0.15) is 26.3 Å². The molecule has 0 aromatic rings. The number of halogens is 6. The van der Waals surface area contributed by atoms with Crippen molar-refractivity contribution < 1.29 is 36.2 Å². The summed E-state index contributed by atoms with van der Waals surface area (Å²) in [4.78, 5) is 0. The van der Waals surface area contributed by atoms with Gasteiger partial charge in [-0.15, -0.1) is 0 Å². The zero-order valence-electron chi connectivity index (χ0n) is 10.3. The molecule has 0 heterocycles. The molecule has 2 bridgehead atoms. The summed E-state index contributed by atoms with van der Waals surface area (Å²) in [6.45, 7) is -2.03. The van der Waals surface area contributed by atoms with Crippen molar-refractivity contribution in [3.05, 3.63) is 12.2 Å². The molecule has 0 amide bonds. The summed E-state index contributed by atoms with van der Waals surface area (Å²) in [6.07, 6.45) is -6.14. The second-order valence-electron chi connectivity index (χ2n) is 5.41. The Morgan fingerprint density at radius 2 is 1.60 bits per heavy atom. The topological polar surface area (TPSA) is 29.5 Å². The van der Waals surface area contributed by atoms with E-state index in [2.05, 4.69) is 4.74 Å². The van der Waals surface area contributed by atoms with E-state index < -0.39 is 24.6 Å². The van der Waals surface area contributed by atoms with Crippen molar-refractivity contribution in [2.24, 2.45) is 17.8 Å². The van der Waals surface area contributed by atoms with Crippen molar-refractivity contribution in [1.29, 1.82) is 0 Å². The Bertz CT molecular complexity index is 372. The summed E-state index contributed by atoms with van der Waals surface area (Å²) in [6, 6.07) is 0. The van der Waals surface area contributed by atoms with Crippen LogP contribution < -0.4 is 0 Å². The summed E-state index contributed by atoms with van der Waals surface area (Å²) in [7, 11) is 0. The van der Waals surface area contributed by atoms with Gasteiger partial charge in [-0.3, -0.25) is 0 Å². The van der Waals surface area contributed by atoms with Crippen LogP contribution in [-0.2, 0) is 4.74 Å². The van der Waals surface area contributed by atoms with Crippen molar-refractivity contribution in [3.8, 4) is 0 Å². The average molecular weight is 304 g/mol. The number of ether oxygens (including phenoxy) is 1. The lowest BCUT2D eigenvalue weighted by Crippen LogP contribution is -2.60. The Hall–Kier alpha value is -0.760. The highest BCUT2D eigenvalue weighted by Gasteiger charge is 2.70. The molecule has 1 fully saturated rings. The maximum absolute atomic E-state index is 12.4. The molecule has 0 aromatic carbocycles. The minimum absolute atomic E-state index is 0.0734. The summed E-state index contributed by atoms with van der Waals surface area (Å²) in [5.41, 5.74) is -4.81. The number of alkyl halides is 6. The van der Waals surface area contributed by atoms with Gasteiger partial charge in [0.2, 0.25) is 0 Å². The molecule has 2 aliphatic carbocycles. The van der Waals surface area contributed by atoms with Crippen LogP contribution in [0.1, 0.15) is 12.8 Å². The number of hydrogen-bond acceptors (Lipinski definition) is 2. The Balaban J connectivity index is 1.92. The molecule has 8 heteroatoms. The molecule has 0 unspecified atom stereocenters. The smallest absolute Gasteiger partial charge is 0.377 e. The fraction of sp³-hybridized carbons (Fsp3) is 0.833. The van der Waals surface area contributed by atoms with Gasteiger partial charge >= 0.3 is 12.4 Å². The molecule has 2 aliphatic rings. The third-order valence-corrected chi connectivity index (χ3v) is 4.00. The fourth-order valence-corrected chi connectivity index (χ4v) is 2.77. The molecule has 2 nitrogen and oxygen atoms in total. The lowest BCUT2D eigenvalue weighted by Gasteiger charge is -2.32. The average Bonchev–Trinajstić information content (AvgIpc) is 2.87. The summed E-state index contributed by atoms with van der Waals surface area (Å²) >= 11 is 0. The first kappa shape index (κ1) is 15.6. The van der Waals surface area contributed by atoms with Gasteiger partial charge in [-0.25, -0.2) is 0 Å². The van der Waals surface area contributed by atoms with Crippen LogP contribution in [0.5, 0.6) is 0 Å². The van der Waals surface area contributed by atoms with Gasteiger partial charge in [0.05, 0.1) is 13.2 Å². The Kier molecular flexibility index (Phi) is 3.83. The monoisotopic (exact) mass is 304 g/mol. The number of allylic oxidation sites excluding steroid dienone is 2. The minimum atomic E-state index is -5.82. The van der Waals surface area contributed by atoms with E-state index in [1.165, 1.54) is 0 Å². The van der Waals surface area contributed by atoms with Gasteiger partial charge in [0, 0.05) is 0 Å². The molecule has 0 spiro atoms. The number of fused-ring (bicyclic) bond motifs is 2. The van der Waals surface area contributed by atoms with Gasteiger partial charge < -0.3 is 9.84 Å². The molecule has 20 heavy (non-hydrogen) atoms. The lowest BCUT2D eigenvalue weighted by atomic mass is 9.94. The second kappa shape index (κ2) is 4.91. The Morgan fingerprint density at radius 1 is 1.00 bits per heavy atom. The van der Waals surface area contributed by atoms with E-state index in [1.807, 2.05) is 12.2 Å². The molecule has 3 atom stereocenters. The molecule has 1 saturated carbocycles. The van der Waals surface area contributed by atoms with Crippen molar-refractivity contribution in [1.82, 2.24) is 0 Å². The maximum Gasteiger partial charge on any atom is 0.428 e. The van der Waals surface area contributed by atoms with Crippen LogP contribution in [0.15, 0.2) is 12.2 Å². The highest BCUT2D eigenvalue weighted by atomic mass is 19.4. The SMILES string of the molecule is OC(COC[C@H]1C[C@H]2C=C[C@@H]1C2)(C(F)(F)F)C(F)(F)F. The van der Waals surface area contributed by atoms with E-state index in [0.717, 1.165) is 6.42 Å². The lowest BCUT2D eigenvalue weighted by molar-refractivity contribution is -0.378. The van der Waals surface area contributed by atoms with Gasteiger partial charge in [0.1, 0.15) is 0 Å². The molecule has 1 N–H and O–H groups in total. The Labute approximate surface area is 111 Å². The molecule has 2 rings (SSSR count). The minimum Gasteiger partial charge on any atom is -0.377 e. The third-order valence-electron chi connectivity index (χ3n) is 4.00. The third kappa shape index (κ3) is 2.67. The predicted octanol–water partition coefficient (Wildman–Crippen LogP) is 3.07. The first-order valence-electron chi connectivity index (χ1n) is 6.16. The van der Waals surface area contributed by atoms with Gasteiger partial charge in [-0.05, 0) is 30.6 Å². The largest absolute Gasteiger partial charge is 0.428 e. The normalized spacial score (nSPS) is 30.2. The number of hydrogen-bond donors (Lipinski definition) is 1. The van der Waals surface area contributed by atoms with Crippen LogP contribution in [0, 0.1) is 17.8 Å². The molecule has 116 valence electrons. The van der Waals surface area contributed by atoms with Crippen LogP contribution in [0.3, 0.4) is 0 Å². The Morgan fingerprint density at radius 3 is 2.00 bits per heavy atom. The van der Waals surface area contributed by atoms with Crippen LogP contribution >= 0.6 is 0 Å². The van der Waals surface area contributed by atoms with E-state index in [9.17, 15) is 26.3 Å². The van der Waals surface area contributed by atoms with E-state index in [0.29, 0.717) is 12.3 Å². The predicted molar refractivity (Wildman–Crippen MR) is 56.7 cm³/mol. The first-order valence-corrected chi connectivity index (χ1v) is 6.16. The molecule has 0 aromatic heterocycles. The van der Waals surface area contributed by atoms with E-state index in [1.54, 1.807) is 0 Å². The van der Waals surface area contributed by atoms with Gasteiger partial charge in [-0.1, -0.05) is 12.2 Å². The highest BCUT2D eigenvalue weighted by Crippen LogP contribution is 2.45. The number of aliphatic hydroxyl groups is 1. The summed E-state index contributed by atoms with van der Waals surface area (Å²) in [5.74, 6) is 0.429. The summed E-state index contributed by atoms with van der Waals surface area (Å²) < 4.78 is 78.9. The molecular formula is C12H14F6O2. The standard InChI is InChI=1S/C12H14F6O2/c13-11(14,15)10(19,12(16,17)18)6-20-5-9-4-7-1-2-8(9)3-7/h1-2,7-9,19H,3-6H2/t7-,8+,9+/m0/s1. The van der Waals surface area contributed by atoms with E-state index in [-0.39, 0.29) is 18.4 Å². The van der Waals surface area contributed by atoms with Crippen LogP contribution in [-0.4, -0.2) is 36.3 Å². The fourth-order valence-electron chi connectivity index (χ4n) is 2.77.